The predicted octanol–water partition coefficient (Wildman–Crippen LogP) is 1.28. The average molecular weight is 340 g/mol. The molecule has 6 nitrogen and oxygen atoms in total. The van der Waals surface area contributed by atoms with Crippen LogP contribution in [0.1, 0.15) is 42.1 Å². The third kappa shape index (κ3) is 4.10. The van der Waals surface area contributed by atoms with E-state index >= 15 is 0 Å². The van der Waals surface area contributed by atoms with Crippen LogP contribution in [-0.4, -0.2) is 49.5 Å². The highest BCUT2D eigenvalue weighted by Crippen LogP contribution is 2.24. The molecule has 1 saturated heterocycles. The Morgan fingerprint density at radius 1 is 1.30 bits per heavy atom. The molecule has 1 amide bonds. The number of carbonyl (C=O) groups is 1. The zero-order valence-corrected chi connectivity index (χ0v) is 14.4. The second-order valence-electron chi connectivity index (χ2n) is 6.00. The van der Waals surface area contributed by atoms with Gasteiger partial charge in [-0.1, -0.05) is 12.5 Å². The molecule has 1 unspecified atom stereocenters. The van der Waals surface area contributed by atoms with Gasteiger partial charge in [0.1, 0.15) is 0 Å². The van der Waals surface area contributed by atoms with Crippen molar-refractivity contribution in [1.82, 2.24) is 9.62 Å². The molecule has 1 heterocycles. The summed E-state index contributed by atoms with van der Waals surface area (Å²) in [5.74, 6) is -0.387. The van der Waals surface area contributed by atoms with E-state index in [0.717, 1.165) is 19.3 Å². The molecule has 1 atom stereocenters. The minimum Gasteiger partial charge on any atom is -0.394 e. The minimum absolute atomic E-state index is 0.170. The standard InChI is InChI=1S/C16H24N2O4S/c1-12-6-7-14(16(20)17-13(2)11-19)10-15(12)23(21,22)18-8-4-3-5-9-18/h6-7,10,13,19H,3-5,8-9,11H2,1-2H3,(H,17,20). The highest BCUT2D eigenvalue weighted by molar-refractivity contribution is 7.89. The molecule has 1 aliphatic rings. The van der Waals surface area contributed by atoms with Crippen LogP contribution in [0.15, 0.2) is 23.1 Å². The predicted molar refractivity (Wildman–Crippen MR) is 87.8 cm³/mol. The Hall–Kier alpha value is -1.44. The van der Waals surface area contributed by atoms with Gasteiger partial charge in [0.25, 0.3) is 5.91 Å². The van der Waals surface area contributed by atoms with Crippen LogP contribution in [0.5, 0.6) is 0 Å². The van der Waals surface area contributed by atoms with Gasteiger partial charge in [0.15, 0.2) is 0 Å². The van der Waals surface area contributed by atoms with E-state index in [2.05, 4.69) is 5.32 Å². The number of aliphatic hydroxyl groups is 1. The molecule has 7 heteroatoms. The van der Waals surface area contributed by atoms with Gasteiger partial charge in [0.2, 0.25) is 10.0 Å². The zero-order chi connectivity index (χ0) is 17.0. The summed E-state index contributed by atoms with van der Waals surface area (Å²) in [6, 6.07) is 4.30. The van der Waals surface area contributed by atoms with Crippen LogP contribution in [-0.2, 0) is 10.0 Å². The Bertz CT molecular complexity index is 667. The fraction of sp³-hybridized carbons (Fsp3) is 0.562. The summed E-state index contributed by atoms with van der Waals surface area (Å²) < 4.78 is 27.1. The number of aryl methyl sites for hydroxylation is 1. The van der Waals surface area contributed by atoms with Crippen molar-refractivity contribution < 1.29 is 18.3 Å². The second kappa shape index (κ2) is 7.42. The fourth-order valence-electron chi connectivity index (χ4n) is 2.62. The van der Waals surface area contributed by atoms with Gasteiger partial charge >= 0.3 is 0 Å². The number of rotatable bonds is 5. The number of sulfonamides is 1. The molecule has 2 N–H and O–H groups in total. The summed E-state index contributed by atoms with van der Waals surface area (Å²) in [4.78, 5) is 12.3. The van der Waals surface area contributed by atoms with Crippen LogP contribution in [0, 0.1) is 6.92 Å². The van der Waals surface area contributed by atoms with Gasteiger partial charge in [-0.05, 0) is 44.4 Å². The molecule has 1 aromatic rings. The van der Waals surface area contributed by atoms with Crippen molar-refractivity contribution in [3.05, 3.63) is 29.3 Å². The van der Waals surface area contributed by atoms with Crippen LogP contribution in [0.25, 0.3) is 0 Å². The van der Waals surface area contributed by atoms with Gasteiger partial charge in [-0.25, -0.2) is 8.42 Å². The first-order chi connectivity index (χ1) is 10.9. The van der Waals surface area contributed by atoms with E-state index in [-0.39, 0.29) is 29.0 Å². The molecular formula is C16H24N2O4S. The number of nitrogens with zero attached hydrogens (tertiary/aromatic N) is 1. The molecule has 1 aromatic carbocycles. The first-order valence-electron chi connectivity index (χ1n) is 7.89. The Labute approximate surface area is 137 Å². The van der Waals surface area contributed by atoms with Crippen LogP contribution in [0.4, 0.5) is 0 Å². The van der Waals surface area contributed by atoms with Gasteiger partial charge in [-0.15, -0.1) is 0 Å². The monoisotopic (exact) mass is 340 g/mol. The van der Waals surface area contributed by atoms with Crippen molar-refractivity contribution in [1.29, 1.82) is 0 Å². The van der Waals surface area contributed by atoms with Crippen LogP contribution >= 0.6 is 0 Å². The van der Waals surface area contributed by atoms with E-state index in [1.807, 2.05) is 0 Å². The highest BCUT2D eigenvalue weighted by atomic mass is 32.2. The number of hydrogen-bond donors (Lipinski definition) is 2. The lowest BCUT2D eigenvalue weighted by molar-refractivity contribution is 0.0922. The van der Waals surface area contributed by atoms with Crippen molar-refractivity contribution >= 4 is 15.9 Å². The summed E-state index contributed by atoms with van der Waals surface area (Å²) in [5.41, 5.74) is 0.911. The second-order valence-corrected chi connectivity index (χ2v) is 7.91. The SMILES string of the molecule is Cc1ccc(C(=O)NC(C)CO)cc1S(=O)(=O)N1CCCCC1. The van der Waals surface area contributed by atoms with Crippen LogP contribution in [0.2, 0.25) is 0 Å². The van der Waals surface area contributed by atoms with Gasteiger partial charge in [0.05, 0.1) is 11.5 Å². The molecule has 0 aromatic heterocycles. The number of nitrogens with one attached hydrogen (secondary N) is 1. The summed E-state index contributed by atoms with van der Waals surface area (Å²) in [7, 11) is -3.58. The average Bonchev–Trinajstić information content (AvgIpc) is 2.55. The summed E-state index contributed by atoms with van der Waals surface area (Å²) >= 11 is 0. The van der Waals surface area contributed by atoms with Gasteiger partial charge in [-0.3, -0.25) is 4.79 Å². The summed E-state index contributed by atoms with van der Waals surface area (Å²) in [5, 5.41) is 11.6. The van der Waals surface area contributed by atoms with E-state index in [1.165, 1.54) is 10.4 Å². The zero-order valence-electron chi connectivity index (χ0n) is 13.6. The summed E-state index contributed by atoms with van der Waals surface area (Å²) in [6.45, 7) is 4.29. The molecule has 23 heavy (non-hydrogen) atoms. The van der Waals surface area contributed by atoms with E-state index in [4.69, 9.17) is 5.11 Å². The lowest BCUT2D eigenvalue weighted by Gasteiger charge is -2.26. The van der Waals surface area contributed by atoms with Crippen molar-refractivity contribution in [3.63, 3.8) is 0 Å². The number of carbonyl (C=O) groups excluding carboxylic acids is 1. The van der Waals surface area contributed by atoms with Crippen molar-refractivity contribution in [3.8, 4) is 0 Å². The Morgan fingerprint density at radius 3 is 2.57 bits per heavy atom. The third-order valence-corrected chi connectivity index (χ3v) is 6.08. The van der Waals surface area contributed by atoms with Crippen LogP contribution < -0.4 is 5.32 Å². The van der Waals surface area contributed by atoms with Crippen molar-refractivity contribution in [2.45, 2.75) is 44.0 Å². The molecule has 128 valence electrons. The highest BCUT2D eigenvalue weighted by Gasteiger charge is 2.28. The molecule has 0 bridgehead atoms. The van der Waals surface area contributed by atoms with E-state index in [0.29, 0.717) is 18.7 Å². The molecular weight excluding hydrogens is 316 g/mol. The van der Waals surface area contributed by atoms with Crippen molar-refractivity contribution in [2.75, 3.05) is 19.7 Å². The van der Waals surface area contributed by atoms with Crippen LogP contribution in [0.3, 0.4) is 0 Å². The molecule has 0 spiro atoms. The third-order valence-electron chi connectivity index (χ3n) is 4.03. The Balaban J connectivity index is 2.31. The van der Waals surface area contributed by atoms with Gasteiger partial charge in [-0.2, -0.15) is 4.31 Å². The first kappa shape index (κ1) is 17.9. The number of benzene rings is 1. The largest absolute Gasteiger partial charge is 0.394 e. The molecule has 2 rings (SSSR count). The quantitative estimate of drug-likeness (QED) is 0.845. The topological polar surface area (TPSA) is 86.7 Å². The molecule has 0 aliphatic carbocycles. The number of piperidine rings is 1. The lowest BCUT2D eigenvalue weighted by atomic mass is 10.1. The Morgan fingerprint density at radius 2 is 1.96 bits per heavy atom. The summed E-state index contributed by atoms with van der Waals surface area (Å²) in [6.07, 6.45) is 2.78. The Kier molecular flexibility index (Phi) is 5.78. The fourth-order valence-corrected chi connectivity index (χ4v) is 4.38. The van der Waals surface area contributed by atoms with E-state index in [9.17, 15) is 13.2 Å². The molecule has 1 aliphatic heterocycles. The maximum absolute atomic E-state index is 12.8. The van der Waals surface area contributed by atoms with Gasteiger partial charge < -0.3 is 10.4 Å². The number of hydrogen-bond acceptors (Lipinski definition) is 4. The van der Waals surface area contributed by atoms with Gasteiger partial charge in [0, 0.05) is 24.7 Å². The lowest BCUT2D eigenvalue weighted by Crippen LogP contribution is -2.37. The van der Waals surface area contributed by atoms with Crippen molar-refractivity contribution in [2.24, 2.45) is 0 Å². The van der Waals surface area contributed by atoms with E-state index < -0.39 is 10.0 Å². The maximum atomic E-state index is 12.8. The number of aliphatic hydroxyl groups excluding tert-OH is 1. The van der Waals surface area contributed by atoms with E-state index in [1.54, 1.807) is 26.0 Å². The first-order valence-corrected chi connectivity index (χ1v) is 9.33. The normalized spacial score (nSPS) is 17.7. The maximum Gasteiger partial charge on any atom is 0.251 e. The molecule has 0 saturated carbocycles. The number of amides is 1. The molecule has 1 fully saturated rings. The molecule has 0 radical (unpaired) electrons. The smallest absolute Gasteiger partial charge is 0.251 e. The minimum atomic E-state index is -3.58.